The fourth-order valence-corrected chi connectivity index (χ4v) is 2.04. The van der Waals surface area contributed by atoms with Gasteiger partial charge in [0, 0.05) is 30.1 Å². The molecule has 0 spiro atoms. The Morgan fingerprint density at radius 2 is 2.31 bits per heavy atom. The average Bonchev–Trinajstić information content (AvgIpc) is 2.60. The minimum Gasteiger partial charge on any atom is -0.354 e. The molecule has 3 rings (SSSR count). The summed E-state index contributed by atoms with van der Waals surface area (Å²) in [6, 6.07) is 3.93. The molecule has 1 aliphatic heterocycles. The zero-order chi connectivity index (χ0) is 10.8. The van der Waals surface area contributed by atoms with Gasteiger partial charge in [-0.05, 0) is 31.4 Å². The molecule has 1 aliphatic rings. The monoisotopic (exact) mass is 215 g/mol. The van der Waals surface area contributed by atoms with Gasteiger partial charge in [-0.25, -0.2) is 0 Å². The molecule has 2 aromatic rings. The quantitative estimate of drug-likeness (QED) is 0.794. The smallest absolute Gasteiger partial charge is 0.228 e. The van der Waals surface area contributed by atoms with Gasteiger partial charge in [0.05, 0.1) is 0 Å². The second kappa shape index (κ2) is 3.96. The minimum atomic E-state index is 0.830. The summed E-state index contributed by atoms with van der Waals surface area (Å²) in [5, 5.41) is 7.40. The Bertz CT molecular complexity index is 478. The van der Waals surface area contributed by atoms with Crippen LogP contribution in [0.4, 0.5) is 5.88 Å². The van der Waals surface area contributed by atoms with E-state index >= 15 is 0 Å². The van der Waals surface area contributed by atoms with E-state index in [-0.39, 0.29) is 0 Å². The molecule has 0 aromatic carbocycles. The fourth-order valence-electron chi connectivity index (χ4n) is 2.04. The number of hydrogen-bond acceptors (Lipinski definition) is 4. The molecule has 4 nitrogen and oxygen atoms in total. The molecular formula is C12H13N3O. The summed E-state index contributed by atoms with van der Waals surface area (Å²) < 4.78 is 5.33. The number of rotatable bonds is 1. The Hall–Kier alpha value is -1.84. The molecule has 4 heteroatoms. The largest absolute Gasteiger partial charge is 0.354 e. The zero-order valence-corrected chi connectivity index (χ0v) is 8.94. The molecule has 0 fully saturated rings. The molecule has 0 bridgehead atoms. The third-order valence-corrected chi connectivity index (χ3v) is 2.86. The maximum atomic E-state index is 5.33. The summed E-state index contributed by atoms with van der Waals surface area (Å²) in [5.41, 5.74) is 3.14. The number of pyridine rings is 1. The van der Waals surface area contributed by atoms with Crippen molar-refractivity contribution in [3.8, 4) is 11.3 Å². The van der Waals surface area contributed by atoms with E-state index in [9.17, 15) is 0 Å². The van der Waals surface area contributed by atoms with Crippen molar-refractivity contribution in [3.05, 3.63) is 30.1 Å². The summed E-state index contributed by atoms with van der Waals surface area (Å²) in [5.74, 6) is 0.830. The molecule has 0 saturated heterocycles. The molecular weight excluding hydrogens is 202 g/mol. The first-order chi connectivity index (χ1) is 7.95. The third kappa shape index (κ3) is 1.56. The van der Waals surface area contributed by atoms with Crippen LogP contribution >= 0.6 is 0 Å². The zero-order valence-electron chi connectivity index (χ0n) is 8.94. The second-order valence-electron chi connectivity index (χ2n) is 3.96. The van der Waals surface area contributed by atoms with Crippen LogP contribution < -0.4 is 5.32 Å². The van der Waals surface area contributed by atoms with Crippen LogP contribution in [0, 0.1) is 0 Å². The van der Waals surface area contributed by atoms with Crippen LogP contribution in [0.5, 0.6) is 0 Å². The van der Waals surface area contributed by atoms with Gasteiger partial charge >= 0.3 is 0 Å². The molecule has 0 saturated carbocycles. The van der Waals surface area contributed by atoms with Gasteiger partial charge in [-0.1, -0.05) is 5.16 Å². The van der Waals surface area contributed by atoms with E-state index in [1.165, 1.54) is 18.4 Å². The lowest BCUT2D eigenvalue weighted by molar-refractivity contribution is 0.434. The van der Waals surface area contributed by atoms with E-state index in [4.69, 9.17) is 4.52 Å². The predicted molar refractivity (Wildman–Crippen MR) is 61.2 cm³/mol. The van der Waals surface area contributed by atoms with E-state index in [0.717, 1.165) is 30.1 Å². The highest BCUT2D eigenvalue weighted by Gasteiger charge is 2.18. The average molecular weight is 215 g/mol. The SMILES string of the molecule is c1cncc(-c2noc3c2CCCCN3)c1. The van der Waals surface area contributed by atoms with Crippen LogP contribution in [0.3, 0.4) is 0 Å². The standard InChI is InChI=1S/C12H13N3O/c1-2-7-14-12-10(5-1)11(15-16-12)9-4-3-6-13-8-9/h3-4,6,8,14H,1-2,5,7H2. The number of aromatic nitrogens is 2. The Balaban J connectivity index is 2.06. The van der Waals surface area contributed by atoms with Gasteiger partial charge in [-0.3, -0.25) is 4.98 Å². The first kappa shape index (κ1) is 9.39. The number of nitrogens with zero attached hydrogens (tertiary/aromatic N) is 2. The number of hydrogen-bond donors (Lipinski definition) is 1. The highest BCUT2D eigenvalue weighted by molar-refractivity contribution is 5.67. The minimum absolute atomic E-state index is 0.830. The van der Waals surface area contributed by atoms with Crippen molar-refractivity contribution in [2.75, 3.05) is 11.9 Å². The first-order valence-corrected chi connectivity index (χ1v) is 5.58. The topological polar surface area (TPSA) is 51.0 Å². The maximum absolute atomic E-state index is 5.33. The first-order valence-electron chi connectivity index (χ1n) is 5.58. The van der Waals surface area contributed by atoms with Gasteiger partial charge < -0.3 is 9.84 Å². The Kier molecular flexibility index (Phi) is 2.33. The van der Waals surface area contributed by atoms with Crippen LogP contribution in [0.1, 0.15) is 18.4 Å². The molecule has 0 radical (unpaired) electrons. The van der Waals surface area contributed by atoms with Crippen molar-refractivity contribution in [1.29, 1.82) is 0 Å². The van der Waals surface area contributed by atoms with Crippen molar-refractivity contribution in [2.24, 2.45) is 0 Å². The van der Waals surface area contributed by atoms with Crippen LogP contribution in [0.2, 0.25) is 0 Å². The van der Waals surface area contributed by atoms with Gasteiger partial charge in [0.15, 0.2) is 0 Å². The highest BCUT2D eigenvalue weighted by atomic mass is 16.5. The molecule has 82 valence electrons. The van der Waals surface area contributed by atoms with Gasteiger partial charge in [0.1, 0.15) is 5.69 Å². The van der Waals surface area contributed by atoms with Crippen molar-refractivity contribution in [2.45, 2.75) is 19.3 Å². The number of fused-ring (bicyclic) bond motifs is 1. The molecule has 16 heavy (non-hydrogen) atoms. The Morgan fingerprint density at radius 3 is 3.19 bits per heavy atom. The highest BCUT2D eigenvalue weighted by Crippen LogP contribution is 2.31. The summed E-state index contributed by atoms with van der Waals surface area (Å²) in [6.45, 7) is 0.967. The van der Waals surface area contributed by atoms with Crippen molar-refractivity contribution >= 4 is 5.88 Å². The molecule has 1 N–H and O–H groups in total. The van der Waals surface area contributed by atoms with E-state index in [1.807, 2.05) is 18.3 Å². The van der Waals surface area contributed by atoms with E-state index < -0.39 is 0 Å². The van der Waals surface area contributed by atoms with Gasteiger partial charge in [-0.15, -0.1) is 0 Å². The van der Waals surface area contributed by atoms with Gasteiger partial charge in [-0.2, -0.15) is 0 Å². The summed E-state index contributed by atoms with van der Waals surface area (Å²) >= 11 is 0. The summed E-state index contributed by atoms with van der Waals surface area (Å²) in [7, 11) is 0. The normalized spacial score (nSPS) is 15.0. The van der Waals surface area contributed by atoms with E-state index in [2.05, 4.69) is 15.5 Å². The maximum Gasteiger partial charge on any atom is 0.228 e. The number of nitrogens with one attached hydrogen (secondary N) is 1. The summed E-state index contributed by atoms with van der Waals surface area (Å²) in [6.07, 6.45) is 6.96. The lowest BCUT2D eigenvalue weighted by Gasteiger charge is -1.99. The molecule has 0 amide bonds. The molecule has 0 atom stereocenters. The van der Waals surface area contributed by atoms with Crippen LogP contribution in [-0.4, -0.2) is 16.7 Å². The molecule has 0 aliphatic carbocycles. The van der Waals surface area contributed by atoms with E-state index in [0.29, 0.717) is 0 Å². The summed E-state index contributed by atoms with van der Waals surface area (Å²) in [4.78, 5) is 4.11. The fraction of sp³-hybridized carbons (Fsp3) is 0.333. The molecule has 3 heterocycles. The van der Waals surface area contributed by atoms with Gasteiger partial charge in [0.2, 0.25) is 5.88 Å². The van der Waals surface area contributed by atoms with Crippen molar-refractivity contribution < 1.29 is 4.52 Å². The predicted octanol–water partition coefficient (Wildman–Crippen LogP) is 2.48. The van der Waals surface area contributed by atoms with E-state index in [1.54, 1.807) is 6.20 Å². The third-order valence-electron chi connectivity index (χ3n) is 2.86. The van der Waals surface area contributed by atoms with Crippen LogP contribution in [0.15, 0.2) is 29.0 Å². The van der Waals surface area contributed by atoms with Crippen LogP contribution in [0.25, 0.3) is 11.3 Å². The Morgan fingerprint density at radius 1 is 1.31 bits per heavy atom. The van der Waals surface area contributed by atoms with Gasteiger partial charge in [0.25, 0.3) is 0 Å². The number of anilines is 1. The lowest BCUT2D eigenvalue weighted by atomic mass is 10.1. The van der Waals surface area contributed by atoms with Crippen molar-refractivity contribution in [1.82, 2.24) is 10.1 Å². The second-order valence-corrected chi connectivity index (χ2v) is 3.96. The molecule has 2 aromatic heterocycles. The Labute approximate surface area is 93.7 Å². The molecule has 0 unspecified atom stereocenters. The van der Waals surface area contributed by atoms with Crippen LogP contribution in [-0.2, 0) is 6.42 Å². The lowest BCUT2D eigenvalue weighted by Crippen LogP contribution is -1.97. The van der Waals surface area contributed by atoms with Crippen molar-refractivity contribution in [3.63, 3.8) is 0 Å².